The Hall–Kier alpha value is -3.54. The van der Waals surface area contributed by atoms with E-state index in [-0.39, 0.29) is 17.9 Å². The number of carbonyl (C=O) groups is 3. The number of allylic oxidation sites excluding steroid dienone is 2. The lowest BCUT2D eigenvalue weighted by molar-refractivity contribution is -0.130. The van der Waals surface area contributed by atoms with Crippen molar-refractivity contribution in [1.29, 1.82) is 0 Å². The van der Waals surface area contributed by atoms with E-state index in [9.17, 15) is 18.8 Å². The molecule has 0 aliphatic carbocycles. The molecule has 1 aliphatic heterocycles. The average Bonchev–Trinajstić information content (AvgIpc) is 2.66. The Morgan fingerprint density at radius 2 is 1.67 bits per heavy atom. The quantitative estimate of drug-likeness (QED) is 0.655. The molecule has 27 heavy (non-hydrogen) atoms. The Labute approximate surface area is 155 Å². The van der Waals surface area contributed by atoms with Gasteiger partial charge < -0.3 is 0 Å². The van der Waals surface area contributed by atoms with Gasteiger partial charge in [-0.1, -0.05) is 54.6 Å². The van der Waals surface area contributed by atoms with Gasteiger partial charge >= 0.3 is 6.03 Å². The summed E-state index contributed by atoms with van der Waals surface area (Å²) >= 11 is 0. The highest BCUT2D eigenvalue weighted by Crippen LogP contribution is 2.13. The van der Waals surface area contributed by atoms with Crippen molar-refractivity contribution in [1.82, 2.24) is 10.2 Å². The van der Waals surface area contributed by atoms with Crippen LogP contribution in [0, 0.1) is 5.82 Å². The Morgan fingerprint density at radius 3 is 2.37 bits per heavy atom. The minimum Gasteiger partial charge on any atom is -0.273 e. The average molecular weight is 364 g/mol. The van der Waals surface area contributed by atoms with E-state index in [0.717, 1.165) is 16.0 Å². The molecule has 5 nitrogen and oxygen atoms in total. The Bertz CT molecular complexity index is 918. The number of nitrogens with one attached hydrogen (secondary N) is 1. The van der Waals surface area contributed by atoms with Gasteiger partial charge in [0.1, 0.15) is 11.4 Å². The van der Waals surface area contributed by atoms with E-state index in [0.29, 0.717) is 6.42 Å². The van der Waals surface area contributed by atoms with Gasteiger partial charge in [0.25, 0.3) is 11.8 Å². The summed E-state index contributed by atoms with van der Waals surface area (Å²) in [5.74, 6) is -1.73. The standard InChI is InChI=1S/C21H17FN2O3/c22-17-11-9-16(10-12-17)13-14-24-20(26)18(19(25)23-21(24)27)8-4-7-15-5-2-1-3-6-15/h1-12H,13-14H2,(H,23,25,27)/b7-4+,18-8-. The van der Waals surface area contributed by atoms with E-state index in [4.69, 9.17) is 0 Å². The summed E-state index contributed by atoms with van der Waals surface area (Å²) in [6.45, 7) is 0.0866. The van der Waals surface area contributed by atoms with Crippen LogP contribution in [0.1, 0.15) is 11.1 Å². The second kappa shape index (κ2) is 8.23. The number of carbonyl (C=O) groups excluding carboxylic acids is 3. The Kier molecular flexibility index (Phi) is 5.56. The van der Waals surface area contributed by atoms with Gasteiger partial charge in [-0.3, -0.25) is 19.8 Å². The lowest BCUT2D eigenvalue weighted by Gasteiger charge is -2.26. The van der Waals surface area contributed by atoms with Gasteiger partial charge in [-0.25, -0.2) is 9.18 Å². The Morgan fingerprint density at radius 1 is 0.963 bits per heavy atom. The van der Waals surface area contributed by atoms with Crippen molar-refractivity contribution >= 4 is 23.9 Å². The van der Waals surface area contributed by atoms with Gasteiger partial charge in [-0.2, -0.15) is 0 Å². The molecule has 0 bridgehead atoms. The summed E-state index contributed by atoms with van der Waals surface area (Å²) < 4.78 is 13.0. The SMILES string of the molecule is O=C1NC(=O)N(CCc2ccc(F)cc2)C(=O)/C1=C\C=C\c1ccccc1. The van der Waals surface area contributed by atoms with Crippen LogP contribution in [0.2, 0.25) is 0 Å². The fourth-order valence-corrected chi connectivity index (χ4v) is 2.63. The van der Waals surface area contributed by atoms with Crippen molar-refractivity contribution in [3.05, 3.63) is 89.3 Å². The van der Waals surface area contributed by atoms with Gasteiger partial charge in [-0.15, -0.1) is 0 Å². The van der Waals surface area contributed by atoms with Crippen LogP contribution in [0.5, 0.6) is 0 Å². The molecule has 0 aromatic heterocycles. The van der Waals surface area contributed by atoms with Crippen molar-refractivity contribution < 1.29 is 18.8 Å². The molecule has 1 fully saturated rings. The maximum absolute atomic E-state index is 13.0. The molecule has 1 heterocycles. The molecule has 0 unspecified atom stereocenters. The molecule has 2 aromatic carbocycles. The van der Waals surface area contributed by atoms with Crippen molar-refractivity contribution in [2.75, 3.05) is 6.54 Å². The number of halogens is 1. The zero-order chi connectivity index (χ0) is 19.2. The van der Waals surface area contributed by atoms with Crippen LogP contribution in [0.25, 0.3) is 6.08 Å². The highest BCUT2D eigenvalue weighted by atomic mass is 19.1. The molecule has 0 radical (unpaired) electrons. The third-order valence-corrected chi connectivity index (χ3v) is 4.07. The second-order valence-corrected chi connectivity index (χ2v) is 5.94. The summed E-state index contributed by atoms with van der Waals surface area (Å²) in [6, 6.07) is 14.5. The van der Waals surface area contributed by atoms with Crippen LogP contribution < -0.4 is 5.32 Å². The molecule has 1 saturated heterocycles. The minimum atomic E-state index is -0.753. The number of hydrogen-bond donors (Lipinski definition) is 1. The minimum absolute atomic E-state index is 0.0866. The molecule has 0 spiro atoms. The number of nitrogens with zero attached hydrogens (tertiary/aromatic N) is 1. The molecule has 4 amide bonds. The summed E-state index contributed by atoms with van der Waals surface area (Å²) in [5, 5.41) is 2.17. The monoisotopic (exact) mass is 364 g/mol. The summed E-state index contributed by atoms with van der Waals surface area (Å²) in [5.41, 5.74) is 1.59. The fraction of sp³-hybridized carbons (Fsp3) is 0.0952. The van der Waals surface area contributed by atoms with Gasteiger partial charge in [0, 0.05) is 6.54 Å². The van der Waals surface area contributed by atoms with Crippen LogP contribution in [-0.2, 0) is 16.0 Å². The summed E-state index contributed by atoms with van der Waals surface area (Å²) in [4.78, 5) is 37.5. The molecule has 2 aromatic rings. The third kappa shape index (κ3) is 4.55. The number of hydrogen-bond acceptors (Lipinski definition) is 3. The summed E-state index contributed by atoms with van der Waals surface area (Å²) in [6.07, 6.45) is 5.10. The molecule has 3 rings (SSSR count). The molecular weight excluding hydrogens is 347 g/mol. The van der Waals surface area contributed by atoms with Gasteiger partial charge in [0.05, 0.1) is 0 Å². The predicted molar refractivity (Wildman–Crippen MR) is 98.9 cm³/mol. The largest absolute Gasteiger partial charge is 0.331 e. The van der Waals surface area contributed by atoms with Gasteiger partial charge in [0.2, 0.25) is 0 Å². The summed E-state index contributed by atoms with van der Waals surface area (Å²) in [7, 11) is 0. The van der Waals surface area contributed by atoms with Crippen LogP contribution in [0.15, 0.2) is 72.3 Å². The van der Waals surface area contributed by atoms with Gasteiger partial charge in [0.15, 0.2) is 0 Å². The van der Waals surface area contributed by atoms with Crippen molar-refractivity contribution in [2.45, 2.75) is 6.42 Å². The zero-order valence-corrected chi connectivity index (χ0v) is 14.4. The van der Waals surface area contributed by atoms with E-state index >= 15 is 0 Å². The number of barbiturate groups is 1. The lowest BCUT2D eigenvalue weighted by Crippen LogP contribution is -2.54. The molecule has 1 aliphatic rings. The highest BCUT2D eigenvalue weighted by Gasteiger charge is 2.34. The van der Waals surface area contributed by atoms with E-state index in [2.05, 4.69) is 5.32 Å². The van der Waals surface area contributed by atoms with E-state index < -0.39 is 17.8 Å². The van der Waals surface area contributed by atoms with Gasteiger partial charge in [-0.05, 0) is 35.8 Å². The predicted octanol–water partition coefficient (Wildman–Crippen LogP) is 3.09. The molecule has 0 saturated carbocycles. The first-order valence-electron chi connectivity index (χ1n) is 8.39. The van der Waals surface area contributed by atoms with E-state index in [1.54, 1.807) is 24.3 Å². The second-order valence-electron chi connectivity index (χ2n) is 5.94. The van der Waals surface area contributed by atoms with Crippen LogP contribution in [0.3, 0.4) is 0 Å². The molecule has 0 atom stereocenters. The van der Waals surface area contributed by atoms with Crippen LogP contribution in [-0.4, -0.2) is 29.3 Å². The first-order chi connectivity index (χ1) is 13.0. The van der Waals surface area contributed by atoms with Crippen LogP contribution in [0.4, 0.5) is 9.18 Å². The Balaban J connectivity index is 1.71. The van der Waals surface area contributed by atoms with Crippen LogP contribution >= 0.6 is 0 Å². The van der Waals surface area contributed by atoms with E-state index in [1.165, 1.54) is 18.2 Å². The first kappa shape index (κ1) is 18.3. The van der Waals surface area contributed by atoms with Crippen molar-refractivity contribution in [2.24, 2.45) is 0 Å². The smallest absolute Gasteiger partial charge is 0.273 e. The fourth-order valence-electron chi connectivity index (χ4n) is 2.63. The molecular formula is C21H17FN2O3. The lowest BCUT2D eigenvalue weighted by atomic mass is 10.1. The maximum Gasteiger partial charge on any atom is 0.331 e. The normalized spacial score (nSPS) is 16.3. The van der Waals surface area contributed by atoms with Crippen molar-refractivity contribution in [3.8, 4) is 0 Å². The molecule has 136 valence electrons. The molecule has 6 heteroatoms. The van der Waals surface area contributed by atoms with Crippen molar-refractivity contribution in [3.63, 3.8) is 0 Å². The highest BCUT2D eigenvalue weighted by molar-refractivity contribution is 6.28. The maximum atomic E-state index is 13.0. The number of urea groups is 1. The number of imide groups is 2. The number of rotatable bonds is 5. The zero-order valence-electron chi connectivity index (χ0n) is 14.4. The number of benzene rings is 2. The molecule has 1 N–H and O–H groups in total. The topological polar surface area (TPSA) is 66.5 Å². The first-order valence-corrected chi connectivity index (χ1v) is 8.39. The third-order valence-electron chi connectivity index (χ3n) is 4.07. The van der Waals surface area contributed by atoms with E-state index in [1.807, 2.05) is 30.3 Å². The number of amides is 4.